The lowest BCUT2D eigenvalue weighted by molar-refractivity contribution is 0.415. The van der Waals surface area contributed by atoms with Gasteiger partial charge in [0.1, 0.15) is 11.5 Å². The van der Waals surface area contributed by atoms with Gasteiger partial charge in [0.15, 0.2) is 0 Å². The molecule has 0 bridgehead atoms. The summed E-state index contributed by atoms with van der Waals surface area (Å²) in [6.07, 6.45) is 0. The molecule has 0 saturated carbocycles. The number of nitrogens with zero attached hydrogens (tertiary/aromatic N) is 1. The molecule has 42 heavy (non-hydrogen) atoms. The zero-order chi connectivity index (χ0) is 30.0. The molecule has 0 aliphatic carbocycles. The van der Waals surface area contributed by atoms with Crippen molar-refractivity contribution in [3.05, 3.63) is 130 Å². The minimum absolute atomic E-state index is 0.135. The Morgan fingerprint density at radius 2 is 0.762 bits per heavy atom. The second-order valence-corrected chi connectivity index (χ2v) is 11.4. The summed E-state index contributed by atoms with van der Waals surface area (Å²) < 4.78 is 10.9. The molecule has 212 valence electrons. The normalized spacial score (nSPS) is 10.9. The van der Waals surface area contributed by atoms with Crippen LogP contribution in [-0.2, 0) is 0 Å². The highest BCUT2D eigenvalue weighted by atomic mass is 16.5. The Morgan fingerprint density at radius 1 is 0.452 bits per heavy atom. The van der Waals surface area contributed by atoms with Gasteiger partial charge in [-0.15, -0.1) is 0 Å². The molecule has 0 atom stereocenters. The fraction of sp³-hybridized carbons (Fsp3) is 0.211. The fourth-order valence-electron chi connectivity index (χ4n) is 6.50. The molecule has 0 fully saturated rings. The number of rotatable bonds is 8. The molecule has 0 unspecified atom stereocenters. The van der Waals surface area contributed by atoms with Crippen LogP contribution in [0.25, 0.3) is 0 Å². The highest BCUT2D eigenvalue weighted by Crippen LogP contribution is 2.35. The number of anilines is 3. The van der Waals surface area contributed by atoms with Gasteiger partial charge in [-0.25, -0.2) is 0 Å². The highest BCUT2D eigenvalue weighted by Gasteiger charge is 2.28. The van der Waals surface area contributed by atoms with Crippen LogP contribution in [0.4, 0.5) is 17.1 Å². The van der Waals surface area contributed by atoms with Crippen LogP contribution >= 0.6 is 0 Å². The fourth-order valence-corrected chi connectivity index (χ4v) is 6.50. The number of hydrogen-bond donors (Lipinski definition) is 0. The first kappa shape index (κ1) is 29.1. The molecule has 5 aromatic carbocycles. The van der Waals surface area contributed by atoms with E-state index in [4.69, 9.17) is 9.47 Å². The molecule has 5 aromatic rings. The van der Waals surface area contributed by atoms with E-state index in [-0.39, 0.29) is 6.71 Å². The molecule has 0 radical (unpaired) electrons. The van der Waals surface area contributed by atoms with E-state index in [1.165, 1.54) is 49.8 Å². The van der Waals surface area contributed by atoms with Crippen LogP contribution in [0, 0.1) is 41.5 Å². The van der Waals surface area contributed by atoms with Crippen LogP contribution in [0.15, 0.2) is 97.1 Å². The molecule has 0 aromatic heterocycles. The van der Waals surface area contributed by atoms with E-state index in [0.717, 1.165) is 28.6 Å². The van der Waals surface area contributed by atoms with E-state index in [1.807, 2.05) is 24.3 Å². The molecule has 0 amide bonds. The number of aryl methyl sites for hydroxylation is 6. The third-order valence-corrected chi connectivity index (χ3v) is 8.20. The van der Waals surface area contributed by atoms with Crippen molar-refractivity contribution in [3.63, 3.8) is 0 Å². The Balaban J connectivity index is 1.66. The van der Waals surface area contributed by atoms with Crippen LogP contribution in [0.5, 0.6) is 11.5 Å². The SMILES string of the molecule is COc1ccc(N(c2ccc(OC)cc2)c2ccc(B(c3c(C)cc(C)cc3C)c3c(C)cc(C)cc3C)cc2)cc1. The average molecular weight is 554 g/mol. The van der Waals surface area contributed by atoms with E-state index in [2.05, 4.69) is 119 Å². The first-order chi connectivity index (χ1) is 20.2. The van der Waals surface area contributed by atoms with E-state index < -0.39 is 0 Å². The molecule has 0 saturated heterocycles. The third kappa shape index (κ3) is 5.80. The Bertz CT molecular complexity index is 1540. The van der Waals surface area contributed by atoms with Gasteiger partial charge in [-0.1, -0.05) is 86.2 Å². The standard InChI is InChI=1S/C38H40BNO2/c1-25-21-27(3)37(28(4)22-25)39(38-29(5)23-26(2)24-30(38)6)31-9-11-32(12-10-31)40(33-13-17-35(41-7)18-14-33)34-15-19-36(42-8)20-16-34/h9-24H,1-8H3. The van der Waals surface area contributed by atoms with Crippen molar-refractivity contribution >= 4 is 40.2 Å². The predicted octanol–water partition coefficient (Wildman–Crippen LogP) is 7.54. The van der Waals surface area contributed by atoms with E-state index in [9.17, 15) is 0 Å². The van der Waals surface area contributed by atoms with E-state index in [1.54, 1.807) is 14.2 Å². The van der Waals surface area contributed by atoms with Crippen LogP contribution in [0.2, 0.25) is 0 Å². The van der Waals surface area contributed by atoms with Crippen molar-refractivity contribution in [3.8, 4) is 11.5 Å². The summed E-state index contributed by atoms with van der Waals surface area (Å²) in [7, 11) is 3.39. The monoisotopic (exact) mass is 553 g/mol. The van der Waals surface area contributed by atoms with Crippen LogP contribution in [-0.4, -0.2) is 20.9 Å². The summed E-state index contributed by atoms with van der Waals surface area (Å²) in [5.74, 6) is 1.67. The first-order valence-corrected chi connectivity index (χ1v) is 14.5. The number of ether oxygens (including phenoxy) is 2. The molecule has 3 nitrogen and oxygen atoms in total. The van der Waals surface area contributed by atoms with Crippen molar-refractivity contribution in [2.75, 3.05) is 19.1 Å². The molecule has 0 heterocycles. The predicted molar refractivity (Wildman–Crippen MR) is 180 cm³/mol. The topological polar surface area (TPSA) is 21.7 Å². The summed E-state index contributed by atoms with van der Waals surface area (Å²) in [6.45, 7) is 13.5. The lowest BCUT2D eigenvalue weighted by Gasteiger charge is -2.27. The third-order valence-electron chi connectivity index (χ3n) is 8.20. The van der Waals surface area contributed by atoms with Crippen molar-refractivity contribution in [1.82, 2.24) is 0 Å². The zero-order valence-corrected chi connectivity index (χ0v) is 26.1. The Hall–Kier alpha value is -4.44. The molecule has 0 spiro atoms. The number of benzene rings is 5. The lowest BCUT2D eigenvalue weighted by atomic mass is 9.34. The minimum Gasteiger partial charge on any atom is -0.497 e. The van der Waals surface area contributed by atoms with Gasteiger partial charge < -0.3 is 14.4 Å². The summed E-state index contributed by atoms with van der Waals surface area (Å²) in [5, 5.41) is 0. The Labute approximate surface area is 251 Å². The van der Waals surface area contributed by atoms with Gasteiger partial charge in [0.05, 0.1) is 14.2 Å². The molecule has 0 aliphatic rings. The zero-order valence-electron chi connectivity index (χ0n) is 26.1. The van der Waals surface area contributed by atoms with Gasteiger partial charge >= 0.3 is 0 Å². The minimum atomic E-state index is 0.135. The molecule has 0 aliphatic heterocycles. The Morgan fingerprint density at radius 3 is 1.07 bits per heavy atom. The number of methoxy groups -OCH3 is 2. The van der Waals surface area contributed by atoms with Crippen LogP contribution in [0.3, 0.4) is 0 Å². The first-order valence-electron chi connectivity index (χ1n) is 14.5. The maximum atomic E-state index is 5.43. The summed E-state index contributed by atoms with van der Waals surface area (Å²) >= 11 is 0. The van der Waals surface area contributed by atoms with Gasteiger partial charge in [-0.05, 0) is 102 Å². The number of hydrogen-bond acceptors (Lipinski definition) is 3. The van der Waals surface area contributed by atoms with Crippen LogP contribution in [0.1, 0.15) is 33.4 Å². The maximum absolute atomic E-state index is 5.43. The van der Waals surface area contributed by atoms with Crippen LogP contribution < -0.4 is 30.8 Å². The molecule has 5 rings (SSSR count). The van der Waals surface area contributed by atoms with Crippen molar-refractivity contribution in [2.45, 2.75) is 41.5 Å². The van der Waals surface area contributed by atoms with Gasteiger partial charge in [0.25, 0.3) is 0 Å². The average Bonchev–Trinajstić information content (AvgIpc) is 2.97. The van der Waals surface area contributed by atoms with Gasteiger partial charge in [-0.3, -0.25) is 0 Å². The maximum Gasteiger partial charge on any atom is 0.242 e. The smallest absolute Gasteiger partial charge is 0.242 e. The second-order valence-electron chi connectivity index (χ2n) is 11.4. The summed E-state index contributed by atoms with van der Waals surface area (Å²) in [5.41, 5.74) is 15.2. The second kappa shape index (κ2) is 12.2. The van der Waals surface area contributed by atoms with E-state index in [0.29, 0.717) is 0 Å². The highest BCUT2D eigenvalue weighted by molar-refractivity contribution is 6.96. The molecule has 0 N–H and O–H groups in total. The van der Waals surface area contributed by atoms with Crippen molar-refractivity contribution < 1.29 is 9.47 Å². The molecule has 4 heteroatoms. The largest absolute Gasteiger partial charge is 0.497 e. The molecular formula is C38H40BNO2. The van der Waals surface area contributed by atoms with Gasteiger partial charge in [-0.2, -0.15) is 0 Å². The van der Waals surface area contributed by atoms with Gasteiger partial charge in [0, 0.05) is 17.1 Å². The van der Waals surface area contributed by atoms with Crippen molar-refractivity contribution in [2.24, 2.45) is 0 Å². The molecular weight excluding hydrogens is 513 g/mol. The van der Waals surface area contributed by atoms with Gasteiger partial charge in [0.2, 0.25) is 6.71 Å². The summed E-state index contributed by atoms with van der Waals surface area (Å²) in [6, 6.07) is 34.8. The quantitative estimate of drug-likeness (QED) is 0.185. The lowest BCUT2D eigenvalue weighted by Crippen LogP contribution is -2.55. The van der Waals surface area contributed by atoms with E-state index >= 15 is 0 Å². The van der Waals surface area contributed by atoms with Crippen molar-refractivity contribution in [1.29, 1.82) is 0 Å². The Kier molecular flexibility index (Phi) is 8.45. The summed E-state index contributed by atoms with van der Waals surface area (Å²) in [4.78, 5) is 2.27.